The van der Waals surface area contributed by atoms with Gasteiger partial charge in [0.15, 0.2) is 11.5 Å². The van der Waals surface area contributed by atoms with Crippen molar-refractivity contribution in [1.29, 1.82) is 0 Å². The first-order valence-corrected chi connectivity index (χ1v) is 12.3. The number of aliphatic hydroxyl groups is 2. The maximum Gasteiger partial charge on any atom is 0.424 e. The minimum atomic E-state index is -5.27. The molecule has 13 heteroatoms. The lowest BCUT2D eigenvalue weighted by atomic mass is 9.96. The average Bonchev–Trinajstić information content (AvgIpc) is 3.67. The van der Waals surface area contributed by atoms with Gasteiger partial charge in [-0.25, -0.2) is 9.37 Å². The van der Waals surface area contributed by atoms with E-state index in [-0.39, 0.29) is 45.7 Å². The van der Waals surface area contributed by atoms with E-state index in [0.29, 0.717) is 12.8 Å². The number of nitrogens with one attached hydrogen (secondary N) is 1. The number of nitrogens with zero attached hydrogens (tertiary/aromatic N) is 1. The van der Waals surface area contributed by atoms with Crippen molar-refractivity contribution in [1.82, 2.24) is 10.3 Å². The van der Waals surface area contributed by atoms with Gasteiger partial charge in [-0.2, -0.15) is 13.2 Å². The fourth-order valence-electron chi connectivity index (χ4n) is 3.77. The second kappa shape index (κ2) is 11.1. The maximum absolute atomic E-state index is 14.2. The van der Waals surface area contributed by atoms with Crippen LogP contribution in [-0.2, 0) is 5.60 Å². The lowest BCUT2D eigenvalue weighted by molar-refractivity contribution is -0.265. The van der Waals surface area contributed by atoms with Gasteiger partial charge >= 0.3 is 6.18 Å². The number of aromatic nitrogens is 1. The van der Waals surface area contributed by atoms with Crippen LogP contribution in [0.25, 0.3) is 11.3 Å². The number of amides is 1. The standard InChI is InChI=1S/C27H25ClF4N2O6/c1-38-20-7-8-22(34-23(20)15-3-5-18(29)17(28)11-15)26(37,27(30,31)32)13-33-24(35)16-4-6-19(21(12-16)39-2)40-14-25(36)9-10-25/h3-8,11-12,36-37H,9-10,13-14H2,1-2H3,(H,33,35). The van der Waals surface area contributed by atoms with Crippen LogP contribution in [0.5, 0.6) is 17.2 Å². The fourth-order valence-corrected chi connectivity index (χ4v) is 3.95. The van der Waals surface area contributed by atoms with E-state index in [2.05, 4.69) is 10.3 Å². The zero-order valence-electron chi connectivity index (χ0n) is 21.3. The average molecular weight is 585 g/mol. The minimum Gasteiger partial charge on any atom is -0.494 e. The first-order chi connectivity index (χ1) is 18.8. The van der Waals surface area contributed by atoms with E-state index in [1.54, 1.807) is 0 Å². The van der Waals surface area contributed by atoms with Crippen molar-refractivity contribution >= 4 is 17.5 Å². The number of halogens is 5. The number of pyridine rings is 1. The van der Waals surface area contributed by atoms with Crippen LogP contribution in [0.15, 0.2) is 48.5 Å². The van der Waals surface area contributed by atoms with Gasteiger partial charge in [0.05, 0.1) is 37.1 Å². The number of rotatable bonds is 10. The SMILES string of the molecule is COc1cc(C(=O)NCC(O)(c2ccc(OC)c(-c3ccc(F)c(Cl)c3)n2)C(F)(F)F)ccc1OCC1(O)CC1. The third kappa shape index (κ3) is 6.08. The van der Waals surface area contributed by atoms with Crippen LogP contribution in [-0.4, -0.2) is 60.3 Å². The van der Waals surface area contributed by atoms with Crippen molar-refractivity contribution in [3.63, 3.8) is 0 Å². The number of methoxy groups -OCH3 is 2. The van der Waals surface area contributed by atoms with Crippen molar-refractivity contribution < 1.29 is 46.8 Å². The zero-order chi connectivity index (χ0) is 29.3. The van der Waals surface area contributed by atoms with Crippen LogP contribution in [0.4, 0.5) is 17.6 Å². The van der Waals surface area contributed by atoms with Gasteiger partial charge in [-0.05, 0) is 61.4 Å². The lowest BCUT2D eigenvalue weighted by Crippen LogP contribution is -2.51. The molecule has 0 bridgehead atoms. The molecule has 1 saturated carbocycles. The molecule has 1 atom stereocenters. The van der Waals surface area contributed by atoms with Crippen LogP contribution in [0.2, 0.25) is 5.02 Å². The van der Waals surface area contributed by atoms with E-state index < -0.39 is 41.3 Å². The molecule has 4 rings (SSSR count). The summed E-state index contributed by atoms with van der Waals surface area (Å²) >= 11 is 5.83. The molecule has 1 amide bonds. The molecule has 214 valence electrons. The molecule has 0 saturated heterocycles. The monoisotopic (exact) mass is 584 g/mol. The summed E-state index contributed by atoms with van der Waals surface area (Å²) in [7, 11) is 2.58. The van der Waals surface area contributed by atoms with Crippen molar-refractivity contribution in [3.8, 4) is 28.5 Å². The Bertz CT molecular complexity index is 1420. The van der Waals surface area contributed by atoms with Gasteiger partial charge in [0.2, 0.25) is 5.60 Å². The van der Waals surface area contributed by atoms with Gasteiger partial charge in [0.1, 0.15) is 23.9 Å². The Hall–Kier alpha value is -3.61. The van der Waals surface area contributed by atoms with Gasteiger partial charge in [0, 0.05) is 11.1 Å². The maximum atomic E-state index is 14.2. The smallest absolute Gasteiger partial charge is 0.424 e. The topological polar surface area (TPSA) is 110 Å². The van der Waals surface area contributed by atoms with Gasteiger partial charge in [-0.3, -0.25) is 4.79 Å². The van der Waals surface area contributed by atoms with Gasteiger partial charge in [-0.1, -0.05) is 11.6 Å². The van der Waals surface area contributed by atoms with E-state index in [9.17, 15) is 32.6 Å². The summed E-state index contributed by atoms with van der Waals surface area (Å²) in [6, 6.07) is 9.45. The highest BCUT2D eigenvalue weighted by Crippen LogP contribution is 2.41. The molecule has 1 aliphatic carbocycles. The summed E-state index contributed by atoms with van der Waals surface area (Å²) < 4.78 is 72.3. The molecule has 40 heavy (non-hydrogen) atoms. The summed E-state index contributed by atoms with van der Waals surface area (Å²) in [5.41, 5.74) is -5.41. The lowest BCUT2D eigenvalue weighted by Gasteiger charge is -2.30. The largest absolute Gasteiger partial charge is 0.494 e. The molecule has 1 fully saturated rings. The van der Waals surface area contributed by atoms with Crippen molar-refractivity contribution in [2.75, 3.05) is 27.4 Å². The van der Waals surface area contributed by atoms with Crippen molar-refractivity contribution in [3.05, 3.63) is 70.6 Å². The Kier molecular flexibility index (Phi) is 8.16. The molecule has 1 aliphatic rings. The summed E-state index contributed by atoms with van der Waals surface area (Å²) in [4.78, 5) is 16.8. The molecule has 1 aromatic heterocycles. The van der Waals surface area contributed by atoms with Crippen molar-refractivity contribution in [2.45, 2.75) is 30.2 Å². The molecular weight excluding hydrogens is 560 g/mol. The minimum absolute atomic E-state index is 0.0223. The highest BCUT2D eigenvalue weighted by Gasteiger charge is 2.56. The summed E-state index contributed by atoms with van der Waals surface area (Å²) in [6.07, 6.45) is -4.07. The first kappa shape index (κ1) is 29.4. The molecule has 0 radical (unpaired) electrons. The quantitative estimate of drug-likeness (QED) is 0.298. The van der Waals surface area contributed by atoms with E-state index in [1.807, 2.05) is 0 Å². The first-order valence-electron chi connectivity index (χ1n) is 11.9. The Morgan fingerprint density at radius 2 is 1.73 bits per heavy atom. The molecular formula is C27H25ClF4N2O6. The molecule has 2 aromatic carbocycles. The Morgan fingerprint density at radius 1 is 1.05 bits per heavy atom. The second-order valence-electron chi connectivity index (χ2n) is 9.30. The zero-order valence-corrected chi connectivity index (χ0v) is 22.1. The summed E-state index contributed by atoms with van der Waals surface area (Å²) in [6.45, 7) is -1.26. The Morgan fingerprint density at radius 3 is 2.33 bits per heavy atom. The van der Waals surface area contributed by atoms with Crippen LogP contribution in [0, 0.1) is 5.82 Å². The Labute approximate surface area is 231 Å². The van der Waals surface area contributed by atoms with E-state index in [0.717, 1.165) is 24.3 Å². The van der Waals surface area contributed by atoms with Gasteiger partial charge in [0.25, 0.3) is 5.91 Å². The van der Waals surface area contributed by atoms with E-state index >= 15 is 0 Å². The van der Waals surface area contributed by atoms with Gasteiger partial charge in [-0.15, -0.1) is 0 Å². The number of hydrogen-bond acceptors (Lipinski definition) is 7. The van der Waals surface area contributed by atoms with Crippen LogP contribution < -0.4 is 19.5 Å². The third-order valence-corrected chi connectivity index (χ3v) is 6.71. The summed E-state index contributed by atoms with van der Waals surface area (Å²) in [5, 5.41) is 22.6. The molecule has 3 N–H and O–H groups in total. The highest BCUT2D eigenvalue weighted by molar-refractivity contribution is 6.31. The molecule has 0 aliphatic heterocycles. The number of hydrogen-bond donors (Lipinski definition) is 3. The molecule has 8 nitrogen and oxygen atoms in total. The predicted molar refractivity (Wildman–Crippen MR) is 136 cm³/mol. The van der Waals surface area contributed by atoms with Crippen LogP contribution >= 0.6 is 11.6 Å². The third-order valence-electron chi connectivity index (χ3n) is 6.42. The summed E-state index contributed by atoms with van der Waals surface area (Å²) in [5.74, 6) is -1.27. The molecule has 3 aromatic rings. The number of carbonyl (C=O) groups is 1. The molecule has 1 unspecified atom stereocenters. The molecule has 1 heterocycles. The van der Waals surface area contributed by atoms with E-state index in [4.69, 9.17) is 25.8 Å². The number of carbonyl (C=O) groups excluding carboxylic acids is 1. The normalized spacial score (nSPS) is 15.6. The van der Waals surface area contributed by atoms with E-state index in [1.165, 1.54) is 38.5 Å². The van der Waals surface area contributed by atoms with Crippen LogP contribution in [0.1, 0.15) is 28.9 Å². The highest BCUT2D eigenvalue weighted by atomic mass is 35.5. The van der Waals surface area contributed by atoms with Gasteiger partial charge < -0.3 is 29.7 Å². The van der Waals surface area contributed by atoms with Crippen LogP contribution in [0.3, 0.4) is 0 Å². The predicted octanol–water partition coefficient (Wildman–Crippen LogP) is 4.64. The fraction of sp³-hybridized carbons (Fsp3) is 0.333. The second-order valence-corrected chi connectivity index (χ2v) is 9.70. The number of alkyl halides is 3. The number of ether oxygens (including phenoxy) is 3. The van der Waals surface area contributed by atoms with Crippen molar-refractivity contribution in [2.24, 2.45) is 0 Å². The number of benzene rings is 2. The molecule has 0 spiro atoms. The Balaban J connectivity index is 1.59.